The molecule has 1 aromatic rings. The summed E-state index contributed by atoms with van der Waals surface area (Å²) in [6.07, 6.45) is -0.352. The van der Waals surface area contributed by atoms with E-state index in [0.29, 0.717) is 5.76 Å². The molecule has 1 rings (SSSR count). The lowest BCUT2D eigenvalue weighted by Crippen LogP contribution is -2.16. The molecule has 1 aromatic heterocycles. The van der Waals surface area contributed by atoms with Crippen LogP contribution in [0.2, 0.25) is 0 Å². The standard InChI is InChI=1S/C8H10O4/c1-5-2-7(9)6(4-12-5)3-8(10)11/h2,4,8,10-11H,3H2,1H3. The van der Waals surface area contributed by atoms with E-state index in [1.165, 1.54) is 12.3 Å². The molecule has 0 spiro atoms. The summed E-state index contributed by atoms with van der Waals surface area (Å²) in [5, 5.41) is 17.1. The van der Waals surface area contributed by atoms with E-state index in [4.69, 9.17) is 14.6 Å². The van der Waals surface area contributed by atoms with E-state index in [-0.39, 0.29) is 17.4 Å². The van der Waals surface area contributed by atoms with Crippen LogP contribution in [0.4, 0.5) is 0 Å². The van der Waals surface area contributed by atoms with Gasteiger partial charge in [0.25, 0.3) is 0 Å². The minimum absolute atomic E-state index is 0.0946. The average Bonchev–Trinajstić information content (AvgIpc) is 1.94. The van der Waals surface area contributed by atoms with Crippen molar-refractivity contribution in [3.63, 3.8) is 0 Å². The van der Waals surface area contributed by atoms with Crippen LogP contribution in [0.25, 0.3) is 0 Å². The zero-order chi connectivity index (χ0) is 9.14. The van der Waals surface area contributed by atoms with E-state index in [9.17, 15) is 4.79 Å². The molecule has 0 aliphatic rings. The molecule has 4 nitrogen and oxygen atoms in total. The molecule has 12 heavy (non-hydrogen) atoms. The van der Waals surface area contributed by atoms with Gasteiger partial charge in [0.05, 0.1) is 6.26 Å². The Bertz CT molecular complexity index is 313. The second-order valence-corrected chi connectivity index (χ2v) is 2.56. The molecule has 0 aromatic carbocycles. The number of aryl methyl sites for hydroxylation is 1. The summed E-state index contributed by atoms with van der Waals surface area (Å²) in [7, 11) is 0. The number of aliphatic hydroxyl groups is 2. The van der Waals surface area contributed by atoms with Crippen LogP contribution in [-0.4, -0.2) is 16.5 Å². The lowest BCUT2D eigenvalue weighted by molar-refractivity contribution is -0.0386. The largest absolute Gasteiger partial charge is 0.469 e. The van der Waals surface area contributed by atoms with Crippen molar-refractivity contribution in [1.82, 2.24) is 0 Å². The van der Waals surface area contributed by atoms with Crippen molar-refractivity contribution < 1.29 is 14.6 Å². The Labute approximate surface area is 69.1 Å². The van der Waals surface area contributed by atoms with Gasteiger partial charge >= 0.3 is 0 Å². The third-order valence-electron chi connectivity index (χ3n) is 1.44. The van der Waals surface area contributed by atoms with Crippen LogP contribution >= 0.6 is 0 Å². The van der Waals surface area contributed by atoms with Gasteiger partial charge in [0.1, 0.15) is 5.76 Å². The quantitative estimate of drug-likeness (QED) is 0.603. The van der Waals surface area contributed by atoms with Crippen LogP contribution in [0, 0.1) is 6.92 Å². The van der Waals surface area contributed by atoms with E-state index in [0.717, 1.165) is 0 Å². The zero-order valence-corrected chi connectivity index (χ0v) is 6.65. The molecule has 0 aliphatic carbocycles. The monoisotopic (exact) mass is 170 g/mol. The van der Waals surface area contributed by atoms with Gasteiger partial charge in [-0.3, -0.25) is 4.79 Å². The molecule has 0 atom stereocenters. The second-order valence-electron chi connectivity index (χ2n) is 2.56. The van der Waals surface area contributed by atoms with Crippen molar-refractivity contribution in [3.8, 4) is 0 Å². The first-order valence-corrected chi connectivity index (χ1v) is 3.54. The maximum atomic E-state index is 11.1. The van der Waals surface area contributed by atoms with Crippen molar-refractivity contribution in [2.75, 3.05) is 0 Å². The summed E-state index contributed by atoms with van der Waals surface area (Å²) in [6, 6.07) is 1.32. The predicted molar refractivity (Wildman–Crippen MR) is 41.6 cm³/mol. The first-order chi connectivity index (χ1) is 5.59. The highest BCUT2D eigenvalue weighted by atomic mass is 16.5. The molecule has 2 N–H and O–H groups in total. The molecule has 0 unspecified atom stereocenters. The molecule has 4 heteroatoms. The van der Waals surface area contributed by atoms with Gasteiger partial charge in [-0.05, 0) is 6.92 Å². The zero-order valence-electron chi connectivity index (χ0n) is 6.65. The van der Waals surface area contributed by atoms with Gasteiger partial charge < -0.3 is 14.6 Å². The predicted octanol–water partition coefficient (Wildman–Crippen LogP) is -0.199. The van der Waals surface area contributed by atoms with Crippen LogP contribution in [-0.2, 0) is 6.42 Å². The van der Waals surface area contributed by atoms with Crippen molar-refractivity contribution in [2.24, 2.45) is 0 Å². The smallest absolute Gasteiger partial charge is 0.188 e. The average molecular weight is 170 g/mol. The molecular weight excluding hydrogens is 160 g/mol. The summed E-state index contributed by atoms with van der Waals surface area (Å²) in [5.41, 5.74) is 0.0439. The molecule has 0 fully saturated rings. The number of hydrogen-bond acceptors (Lipinski definition) is 4. The second kappa shape index (κ2) is 3.51. The Morgan fingerprint density at radius 2 is 2.25 bits per heavy atom. The van der Waals surface area contributed by atoms with Gasteiger partial charge in [-0.15, -0.1) is 0 Å². The van der Waals surface area contributed by atoms with Crippen LogP contribution in [0.5, 0.6) is 0 Å². The lowest BCUT2D eigenvalue weighted by atomic mass is 10.2. The third-order valence-corrected chi connectivity index (χ3v) is 1.44. The van der Waals surface area contributed by atoms with E-state index in [2.05, 4.69) is 0 Å². The highest BCUT2D eigenvalue weighted by Gasteiger charge is 2.05. The number of rotatable bonds is 2. The van der Waals surface area contributed by atoms with Gasteiger partial charge in [-0.1, -0.05) is 0 Å². The summed E-state index contributed by atoms with van der Waals surface area (Å²) in [5.74, 6) is 0.510. The molecule has 0 radical (unpaired) electrons. The van der Waals surface area contributed by atoms with Gasteiger partial charge in [0.15, 0.2) is 11.7 Å². The molecule has 0 saturated carbocycles. The highest BCUT2D eigenvalue weighted by molar-refractivity contribution is 5.11. The normalized spacial score (nSPS) is 10.7. The van der Waals surface area contributed by atoms with E-state index in [1.807, 2.05) is 0 Å². The van der Waals surface area contributed by atoms with Crippen LogP contribution in [0.15, 0.2) is 21.5 Å². The summed E-state index contributed by atoms with van der Waals surface area (Å²) < 4.78 is 4.92. The van der Waals surface area contributed by atoms with Crippen LogP contribution < -0.4 is 5.43 Å². The molecular formula is C8H10O4. The molecule has 1 heterocycles. The fraction of sp³-hybridized carbons (Fsp3) is 0.375. The summed E-state index contributed by atoms with van der Waals surface area (Å²) >= 11 is 0. The van der Waals surface area contributed by atoms with Gasteiger partial charge in [-0.25, -0.2) is 0 Å². The third kappa shape index (κ3) is 2.18. The number of aliphatic hydroxyl groups excluding tert-OH is 1. The van der Waals surface area contributed by atoms with Crippen molar-refractivity contribution in [2.45, 2.75) is 19.6 Å². The molecule has 0 amide bonds. The minimum Gasteiger partial charge on any atom is -0.469 e. The Hall–Kier alpha value is -1.13. The van der Waals surface area contributed by atoms with Crippen molar-refractivity contribution >= 4 is 0 Å². The number of hydrogen-bond donors (Lipinski definition) is 2. The highest BCUT2D eigenvalue weighted by Crippen LogP contribution is 1.98. The fourth-order valence-corrected chi connectivity index (χ4v) is 0.879. The Kier molecular flexibility index (Phi) is 2.62. The summed E-state index contributed by atoms with van der Waals surface area (Å²) in [4.78, 5) is 11.1. The van der Waals surface area contributed by atoms with Gasteiger partial charge in [-0.2, -0.15) is 0 Å². The Morgan fingerprint density at radius 1 is 1.58 bits per heavy atom. The van der Waals surface area contributed by atoms with Crippen molar-refractivity contribution in [1.29, 1.82) is 0 Å². The molecule has 66 valence electrons. The van der Waals surface area contributed by atoms with Crippen LogP contribution in [0.1, 0.15) is 11.3 Å². The first kappa shape index (κ1) is 8.96. The topological polar surface area (TPSA) is 70.7 Å². The minimum atomic E-state index is -1.50. The Balaban J connectivity index is 2.94. The van der Waals surface area contributed by atoms with Gasteiger partial charge in [0.2, 0.25) is 0 Å². The molecule has 0 saturated heterocycles. The lowest BCUT2D eigenvalue weighted by Gasteiger charge is -2.01. The van der Waals surface area contributed by atoms with Crippen molar-refractivity contribution in [3.05, 3.63) is 33.9 Å². The Morgan fingerprint density at radius 3 is 2.75 bits per heavy atom. The van der Waals surface area contributed by atoms with E-state index in [1.54, 1.807) is 6.92 Å². The maximum Gasteiger partial charge on any atom is 0.188 e. The maximum absolute atomic E-state index is 11.1. The SMILES string of the molecule is Cc1cc(=O)c(CC(O)O)co1. The van der Waals surface area contributed by atoms with Crippen LogP contribution in [0.3, 0.4) is 0 Å². The van der Waals surface area contributed by atoms with E-state index >= 15 is 0 Å². The molecule has 0 bridgehead atoms. The summed E-state index contributed by atoms with van der Waals surface area (Å²) in [6.45, 7) is 1.65. The van der Waals surface area contributed by atoms with Gasteiger partial charge in [0, 0.05) is 18.1 Å². The fourth-order valence-electron chi connectivity index (χ4n) is 0.879. The van der Waals surface area contributed by atoms with E-state index < -0.39 is 6.29 Å². The molecule has 0 aliphatic heterocycles. The first-order valence-electron chi connectivity index (χ1n) is 3.54.